The second-order valence-electron chi connectivity index (χ2n) is 11.0. The second-order valence-corrected chi connectivity index (χ2v) is 11.0. The van der Waals surface area contributed by atoms with E-state index in [0.29, 0.717) is 6.04 Å². The summed E-state index contributed by atoms with van der Waals surface area (Å²) in [5.41, 5.74) is 1.28. The minimum absolute atomic E-state index is 0. The highest BCUT2D eigenvalue weighted by molar-refractivity contribution is 5.87. The number of hydrogen-bond acceptors (Lipinski definition) is 4. The van der Waals surface area contributed by atoms with E-state index in [1.807, 2.05) is 13.0 Å². The van der Waals surface area contributed by atoms with Gasteiger partial charge in [-0.25, -0.2) is 4.79 Å². The number of nitrogens with zero attached hydrogens (tertiary/aromatic N) is 1. The number of carbonyl (C=O) groups excluding carboxylic acids is 1. The van der Waals surface area contributed by atoms with Crippen LogP contribution in [0.5, 0.6) is 0 Å². The van der Waals surface area contributed by atoms with Crippen molar-refractivity contribution in [1.29, 1.82) is 0 Å². The van der Waals surface area contributed by atoms with Gasteiger partial charge in [-0.1, -0.05) is 36.8 Å². The van der Waals surface area contributed by atoms with Crippen LogP contribution in [0, 0.1) is 5.92 Å². The number of ether oxygens (including phenoxy) is 2. The number of hydrogen-bond donors (Lipinski definition) is 2. The van der Waals surface area contributed by atoms with Crippen molar-refractivity contribution in [1.82, 2.24) is 10.2 Å². The van der Waals surface area contributed by atoms with Gasteiger partial charge in [0.1, 0.15) is 0 Å². The molecule has 7 nitrogen and oxygen atoms in total. The number of allylic oxidation sites excluding steroid dienone is 4. The van der Waals surface area contributed by atoms with Crippen LogP contribution in [0.15, 0.2) is 36.0 Å². The van der Waals surface area contributed by atoms with E-state index in [1.54, 1.807) is 6.08 Å². The third-order valence-electron chi connectivity index (χ3n) is 6.77. The summed E-state index contributed by atoms with van der Waals surface area (Å²) < 4.78 is 12.0. The lowest BCUT2D eigenvalue weighted by atomic mass is 9.83. The number of carboxylic acid groups (broad SMARTS) is 1. The minimum Gasteiger partial charge on any atom is -0.465 e. The van der Waals surface area contributed by atoms with Crippen molar-refractivity contribution < 1.29 is 25.6 Å². The van der Waals surface area contributed by atoms with Crippen LogP contribution in [0.4, 0.5) is 4.79 Å². The summed E-state index contributed by atoms with van der Waals surface area (Å²) in [7, 11) is 2.95. The highest BCUT2D eigenvalue weighted by Gasteiger charge is 2.53. The Hall–Kier alpha value is -2.12. The molecule has 0 aromatic heterocycles. The van der Waals surface area contributed by atoms with Gasteiger partial charge < -0.3 is 24.8 Å². The number of rotatable bonds is 7. The molecule has 2 N–H and O–H groups in total. The fourth-order valence-electron chi connectivity index (χ4n) is 4.83. The molecule has 2 heterocycles. The van der Waals surface area contributed by atoms with E-state index in [9.17, 15) is 9.59 Å². The highest BCUT2D eigenvalue weighted by Crippen LogP contribution is 2.46. The lowest BCUT2D eigenvalue weighted by Gasteiger charge is -2.38. The first-order valence-corrected chi connectivity index (χ1v) is 13.0. The van der Waals surface area contributed by atoms with Crippen molar-refractivity contribution in [3.8, 4) is 0 Å². The Kier molecular flexibility index (Phi) is 11.0. The van der Waals surface area contributed by atoms with Crippen LogP contribution >= 0.6 is 0 Å². The average Bonchev–Trinajstić information content (AvgIpc) is 3.52. The predicted molar refractivity (Wildman–Crippen MR) is 142 cm³/mol. The van der Waals surface area contributed by atoms with Gasteiger partial charge in [-0.15, -0.1) is 0 Å². The molecule has 2 aliphatic heterocycles. The molecule has 1 aliphatic carbocycles. The number of epoxide rings is 1. The van der Waals surface area contributed by atoms with Crippen molar-refractivity contribution in [3.05, 3.63) is 36.0 Å². The molecule has 0 aromatic rings. The Labute approximate surface area is 213 Å². The normalized spacial score (nSPS) is 30.1. The molecule has 7 heteroatoms. The molecule has 200 valence electrons. The van der Waals surface area contributed by atoms with Crippen LogP contribution in [-0.4, -0.2) is 66.1 Å². The summed E-state index contributed by atoms with van der Waals surface area (Å²) >= 11 is 0. The zero-order valence-corrected chi connectivity index (χ0v) is 22.5. The molecule has 0 unspecified atom stereocenters. The second kappa shape index (κ2) is 13.3. The molecule has 2 saturated heterocycles. The Morgan fingerprint density at radius 1 is 1.17 bits per heavy atom. The first-order chi connectivity index (χ1) is 16.4. The van der Waals surface area contributed by atoms with Gasteiger partial charge in [0.25, 0.3) is 0 Å². The van der Waals surface area contributed by atoms with Gasteiger partial charge in [0, 0.05) is 34.4 Å². The molecule has 1 saturated carbocycles. The van der Waals surface area contributed by atoms with Gasteiger partial charge in [-0.3, -0.25) is 4.79 Å². The van der Waals surface area contributed by atoms with Crippen molar-refractivity contribution in [2.24, 2.45) is 5.92 Å². The molecule has 1 spiro atoms. The fraction of sp³-hybridized carbons (Fsp3) is 0.714. The molecular formula is C28H48N2O5. The lowest BCUT2D eigenvalue weighted by Crippen LogP contribution is -2.43. The van der Waals surface area contributed by atoms with Gasteiger partial charge >= 0.3 is 6.09 Å². The van der Waals surface area contributed by atoms with Crippen molar-refractivity contribution in [3.63, 3.8) is 0 Å². The standard InChI is InChI=1S/C25H39NO3.C3H7NO2.H2/c1-5-6-7-23(27)26-21-13-11-20(12-14-21)10-8-19(2)9-15-22-16-25(18-28-25)17-24(3,4)29-22;1-4(2)3(5)6;/h6-9,15,20-22H,5,10-14,16-18H2,1-4H3,(H,26,27);1-2H3,(H,5,6);1H/b7-6-,15-9+,19-8+;;/t20?,21?,22-,25-;;/m1../s1. The highest BCUT2D eigenvalue weighted by atomic mass is 16.6. The zero-order valence-electron chi connectivity index (χ0n) is 22.5. The molecular weight excluding hydrogens is 444 g/mol. The molecule has 0 bridgehead atoms. The van der Waals surface area contributed by atoms with Gasteiger partial charge in [0.15, 0.2) is 0 Å². The predicted octanol–water partition coefficient (Wildman–Crippen LogP) is 5.72. The summed E-state index contributed by atoms with van der Waals surface area (Å²) in [5, 5.41) is 11.1. The summed E-state index contributed by atoms with van der Waals surface area (Å²) in [6.45, 7) is 9.44. The average molecular weight is 493 g/mol. The van der Waals surface area contributed by atoms with Crippen LogP contribution in [0.25, 0.3) is 0 Å². The monoisotopic (exact) mass is 492 g/mol. The van der Waals surface area contributed by atoms with E-state index < -0.39 is 6.09 Å². The van der Waals surface area contributed by atoms with Gasteiger partial charge in [0.2, 0.25) is 5.91 Å². The Morgan fingerprint density at radius 3 is 2.34 bits per heavy atom. The SMILES string of the molecule is CC/C=C\C(=O)NC1CCC(C/C=C(C)/C=C/[C@@H]2C[C@]3(CO3)CC(C)(C)O2)CC1.CN(C)C(=O)O.[HH]. The van der Waals surface area contributed by atoms with E-state index in [4.69, 9.17) is 14.6 Å². The minimum atomic E-state index is -0.907. The Bertz CT molecular complexity index is 788. The molecule has 0 radical (unpaired) electrons. The number of nitrogens with one attached hydrogen (secondary N) is 1. The van der Waals surface area contributed by atoms with Crippen LogP contribution < -0.4 is 5.32 Å². The first-order valence-electron chi connectivity index (χ1n) is 13.0. The van der Waals surface area contributed by atoms with E-state index in [1.165, 1.54) is 32.5 Å². The molecule has 2 atom stereocenters. The van der Waals surface area contributed by atoms with Gasteiger partial charge in [-0.05, 0) is 71.3 Å². The summed E-state index contributed by atoms with van der Waals surface area (Å²) in [4.78, 5) is 22.5. The van der Waals surface area contributed by atoms with Gasteiger partial charge in [0.05, 0.1) is 23.9 Å². The maximum atomic E-state index is 11.8. The fourth-order valence-corrected chi connectivity index (χ4v) is 4.83. The van der Waals surface area contributed by atoms with Crippen LogP contribution in [0.1, 0.15) is 80.5 Å². The molecule has 2 amide bonds. The Balaban J connectivity index is 0.000000827. The third kappa shape index (κ3) is 11.0. The van der Waals surface area contributed by atoms with Crippen LogP contribution in [0.3, 0.4) is 0 Å². The number of amides is 2. The Morgan fingerprint density at radius 2 is 1.80 bits per heavy atom. The molecule has 3 rings (SSSR count). The summed E-state index contributed by atoms with van der Waals surface area (Å²) in [6.07, 6.45) is 18.2. The maximum absolute atomic E-state index is 11.8. The van der Waals surface area contributed by atoms with Crippen LogP contribution in [0.2, 0.25) is 0 Å². The van der Waals surface area contributed by atoms with E-state index >= 15 is 0 Å². The first kappa shape index (κ1) is 29.1. The smallest absolute Gasteiger partial charge is 0.406 e. The van der Waals surface area contributed by atoms with Crippen LogP contribution in [-0.2, 0) is 14.3 Å². The van der Waals surface area contributed by atoms with E-state index in [0.717, 1.165) is 55.9 Å². The molecule has 3 fully saturated rings. The lowest BCUT2D eigenvalue weighted by molar-refractivity contribution is -0.117. The van der Waals surface area contributed by atoms with Crippen molar-refractivity contribution in [2.45, 2.75) is 102 Å². The summed E-state index contributed by atoms with van der Waals surface area (Å²) in [5.74, 6) is 0.786. The third-order valence-corrected chi connectivity index (χ3v) is 6.77. The zero-order chi connectivity index (χ0) is 26.1. The maximum Gasteiger partial charge on any atom is 0.406 e. The van der Waals surface area contributed by atoms with Crippen molar-refractivity contribution >= 4 is 12.0 Å². The number of carbonyl (C=O) groups is 2. The molecule has 35 heavy (non-hydrogen) atoms. The topological polar surface area (TPSA) is 91.4 Å². The van der Waals surface area contributed by atoms with Gasteiger partial charge in [-0.2, -0.15) is 0 Å². The largest absolute Gasteiger partial charge is 0.465 e. The van der Waals surface area contributed by atoms with Crippen molar-refractivity contribution in [2.75, 3.05) is 20.7 Å². The quantitative estimate of drug-likeness (QED) is 0.269. The molecule has 3 aliphatic rings. The molecule has 0 aromatic carbocycles. The van der Waals surface area contributed by atoms with E-state index in [-0.39, 0.29) is 24.6 Å². The van der Waals surface area contributed by atoms with E-state index in [2.05, 4.69) is 44.3 Å². The summed E-state index contributed by atoms with van der Waals surface area (Å²) in [6, 6.07) is 0.342.